The van der Waals surface area contributed by atoms with Crippen LogP contribution in [-0.2, 0) is 21.2 Å². The minimum atomic E-state index is -3.67. The Kier molecular flexibility index (Phi) is 8.16. The molecule has 2 aromatic carbocycles. The van der Waals surface area contributed by atoms with Crippen molar-refractivity contribution in [3.8, 4) is 0 Å². The van der Waals surface area contributed by atoms with Gasteiger partial charge in [0.25, 0.3) is 0 Å². The molecule has 1 atom stereocenters. The second kappa shape index (κ2) is 10.1. The average molecular weight is 443 g/mol. The molecule has 0 radical (unpaired) electrons. The zero-order chi connectivity index (χ0) is 20.7. The lowest BCUT2D eigenvalue weighted by Crippen LogP contribution is -2.49. The molecule has 0 saturated carbocycles. The van der Waals surface area contributed by atoms with E-state index in [1.54, 1.807) is 31.2 Å². The summed E-state index contributed by atoms with van der Waals surface area (Å²) < 4.78 is 25.9. The first-order chi connectivity index (χ1) is 13.2. The molecule has 0 spiro atoms. The van der Waals surface area contributed by atoms with Gasteiger partial charge in [-0.3, -0.25) is 9.10 Å². The summed E-state index contributed by atoms with van der Waals surface area (Å²) in [6.07, 6.45) is 2.95. The molecule has 0 saturated heterocycles. The van der Waals surface area contributed by atoms with Crippen LogP contribution < -0.4 is 9.62 Å². The lowest BCUT2D eigenvalue weighted by Gasteiger charge is -2.30. The van der Waals surface area contributed by atoms with Crippen molar-refractivity contribution >= 4 is 44.8 Å². The Morgan fingerprint density at radius 3 is 2.36 bits per heavy atom. The van der Waals surface area contributed by atoms with Crippen LogP contribution in [0.2, 0.25) is 10.0 Å². The van der Waals surface area contributed by atoms with Gasteiger partial charge in [0.15, 0.2) is 0 Å². The third kappa shape index (κ3) is 6.40. The number of anilines is 1. The SMILES string of the molecule is CC[C@H](C(=O)NCCCc1ccc(Cl)cc1)N(c1cccc(Cl)c1)S(C)(=O)=O. The van der Waals surface area contributed by atoms with Crippen LogP contribution in [0.1, 0.15) is 25.3 Å². The highest BCUT2D eigenvalue weighted by atomic mass is 35.5. The first-order valence-corrected chi connectivity index (χ1v) is 11.6. The van der Waals surface area contributed by atoms with Gasteiger partial charge in [0, 0.05) is 16.6 Å². The van der Waals surface area contributed by atoms with E-state index in [1.807, 2.05) is 24.3 Å². The maximum Gasteiger partial charge on any atom is 0.243 e. The van der Waals surface area contributed by atoms with Gasteiger partial charge in [0.05, 0.1) is 11.9 Å². The van der Waals surface area contributed by atoms with Crippen molar-refractivity contribution in [1.29, 1.82) is 0 Å². The summed E-state index contributed by atoms with van der Waals surface area (Å²) in [4.78, 5) is 12.7. The number of carbonyl (C=O) groups excluding carboxylic acids is 1. The number of hydrogen-bond donors (Lipinski definition) is 1. The monoisotopic (exact) mass is 442 g/mol. The Hall–Kier alpha value is -1.76. The van der Waals surface area contributed by atoms with Crippen molar-refractivity contribution in [3.63, 3.8) is 0 Å². The number of nitrogens with zero attached hydrogens (tertiary/aromatic N) is 1. The average Bonchev–Trinajstić information content (AvgIpc) is 2.63. The van der Waals surface area contributed by atoms with E-state index in [0.29, 0.717) is 28.7 Å². The molecule has 0 heterocycles. The topological polar surface area (TPSA) is 66.5 Å². The van der Waals surface area contributed by atoms with Crippen LogP contribution in [0.25, 0.3) is 0 Å². The third-order valence-electron chi connectivity index (χ3n) is 4.25. The van der Waals surface area contributed by atoms with Gasteiger partial charge in [-0.2, -0.15) is 0 Å². The second-order valence-electron chi connectivity index (χ2n) is 6.48. The molecule has 5 nitrogen and oxygen atoms in total. The summed E-state index contributed by atoms with van der Waals surface area (Å²) in [5.74, 6) is -0.330. The van der Waals surface area contributed by atoms with Crippen molar-refractivity contribution in [3.05, 3.63) is 64.1 Å². The highest BCUT2D eigenvalue weighted by Gasteiger charge is 2.31. The van der Waals surface area contributed by atoms with Crippen LogP contribution in [0.5, 0.6) is 0 Å². The summed E-state index contributed by atoms with van der Waals surface area (Å²) in [6.45, 7) is 2.23. The fourth-order valence-electron chi connectivity index (χ4n) is 2.95. The van der Waals surface area contributed by atoms with Gasteiger partial charge < -0.3 is 5.32 Å². The van der Waals surface area contributed by atoms with E-state index < -0.39 is 16.1 Å². The maximum absolute atomic E-state index is 12.7. The molecule has 2 rings (SSSR count). The van der Waals surface area contributed by atoms with Crippen molar-refractivity contribution in [2.45, 2.75) is 32.2 Å². The molecule has 0 aliphatic rings. The summed E-state index contributed by atoms with van der Waals surface area (Å²) in [7, 11) is -3.67. The van der Waals surface area contributed by atoms with Gasteiger partial charge in [-0.1, -0.05) is 48.3 Å². The fraction of sp³-hybridized carbons (Fsp3) is 0.350. The van der Waals surface area contributed by atoms with Crippen molar-refractivity contribution < 1.29 is 13.2 Å². The van der Waals surface area contributed by atoms with E-state index >= 15 is 0 Å². The number of nitrogens with one attached hydrogen (secondary N) is 1. The van der Waals surface area contributed by atoms with E-state index in [2.05, 4.69) is 5.32 Å². The molecule has 0 fully saturated rings. The second-order valence-corrected chi connectivity index (χ2v) is 9.22. The molecule has 8 heteroatoms. The van der Waals surface area contributed by atoms with E-state index in [0.717, 1.165) is 29.0 Å². The van der Waals surface area contributed by atoms with Gasteiger partial charge in [-0.25, -0.2) is 8.42 Å². The molecule has 0 unspecified atom stereocenters. The summed E-state index contributed by atoms with van der Waals surface area (Å²) >= 11 is 11.9. The van der Waals surface area contributed by atoms with Crippen molar-refractivity contribution in [2.24, 2.45) is 0 Å². The molecule has 0 aliphatic carbocycles. The third-order valence-corrected chi connectivity index (χ3v) is 5.91. The molecule has 152 valence electrons. The molecule has 1 N–H and O–H groups in total. The van der Waals surface area contributed by atoms with Gasteiger partial charge in [0.1, 0.15) is 6.04 Å². The number of benzene rings is 2. The molecule has 0 bridgehead atoms. The van der Waals surface area contributed by atoms with Gasteiger partial charge in [-0.05, 0) is 55.2 Å². The van der Waals surface area contributed by atoms with Crippen LogP contribution in [0.3, 0.4) is 0 Å². The molecular formula is C20H24Cl2N2O3S. The fourth-order valence-corrected chi connectivity index (χ4v) is 4.46. The predicted octanol–water partition coefficient (Wildman–Crippen LogP) is 4.29. The predicted molar refractivity (Wildman–Crippen MR) is 116 cm³/mol. The molecule has 0 aromatic heterocycles. The Morgan fingerprint density at radius 1 is 1.11 bits per heavy atom. The molecule has 2 aromatic rings. The Bertz CT molecular complexity index is 902. The van der Waals surface area contributed by atoms with E-state index in [4.69, 9.17) is 23.2 Å². The van der Waals surface area contributed by atoms with Gasteiger partial charge >= 0.3 is 0 Å². The zero-order valence-corrected chi connectivity index (χ0v) is 18.2. The smallest absolute Gasteiger partial charge is 0.243 e. The summed E-state index contributed by atoms with van der Waals surface area (Å²) in [5.41, 5.74) is 1.50. The van der Waals surface area contributed by atoms with Crippen LogP contribution in [-0.4, -0.2) is 33.2 Å². The van der Waals surface area contributed by atoms with E-state index in [-0.39, 0.29) is 5.91 Å². The Balaban J connectivity index is 2.04. The molecule has 28 heavy (non-hydrogen) atoms. The number of carbonyl (C=O) groups is 1. The summed E-state index contributed by atoms with van der Waals surface area (Å²) in [5, 5.41) is 3.94. The first kappa shape index (κ1) is 22.5. The van der Waals surface area contributed by atoms with E-state index in [1.165, 1.54) is 0 Å². The molecule has 1 amide bonds. The van der Waals surface area contributed by atoms with Crippen molar-refractivity contribution in [1.82, 2.24) is 5.32 Å². The quantitative estimate of drug-likeness (QED) is 0.588. The Labute approximate surface area is 176 Å². The van der Waals surface area contributed by atoms with Crippen LogP contribution in [0.4, 0.5) is 5.69 Å². The number of halogens is 2. The van der Waals surface area contributed by atoms with Gasteiger partial charge in [0.2, 0.25) is 15.9 Å². The lowest BCUT2D eigenvalue weighted by atomic mass is 10.1. The van der Waals surface area contributed by atoms with Crippen LogP contribution >= 0.6 is 23.2 Å². The number of amides is 1. The molecular weight excluding hydrogens is 419 g/mol. The highest BCUT2D eigenvalue weighted by Crippen LogP contribution is 2.25. The first-order valence-electron chi connectivity index (χ1n) is 8.99. The highest BCUT2D eigenvalue weighted by molar-refractivity contribution is 7.92. The lowest BCUT2D eigenvalue weighted by molar-refractivity contribution is -0.122. The zero-order valence-electron chi connectivity index (χ0n) is 15.9. The van der Waals surface area contributed by atoms with Gasteiger partial charge in [-0.15, -0.1) is 0 Å². The number of rotatable bonds is 9. The van der Waals surface area contributed by atoms with Crippen molar-refractivity contribution in [2.75, 3.05) is 17.1 Å². The normalized spacial score (nSPS) is 12.4. The standard InChI is InChI=1S/C20H24Cl2N2O3S/c1-3-19(24(28(2,26)27)18-8-4-7-17(22)14-18)20(25)23-13-5-6-15-9-11-16(21)12-10-15/h4,7-12,14,19H,3,5-6,13H2,1-2H3,(H,23,25)/t19-/m1/s1. The maximum atomic E-state index is 12.7. The van der Waals surface area contributed by atoms with E-state index in [9.17, 15) is 13.2 Å². The summed E-state index contributed by atoms with van der Waals surface area (Å²) in [6, 6.07) is 13.2. The number of sulfonamides is 1. The van der Waals surface area contributed by atoms with Crippen LogP contribution in [0.15, 0.2) is 48.5 Å². The minimum Gasteiger partial charge on any atom is -0.354 e. The minimum absolute atomic E-state index is 0.330. The van der Waals surface area contributed by atoms with Crippen LogP contribution in [0, 0.1) is 0 Å². The number of aryl methyl sites for hydroxylation is 1. The number of hydrogen-bond acceptors (Lipinski definition) is 3. The largest absolute Gasteiger partial charge is 0.354 e. The Morgan fingerprint density at radius 2 is 1.79 bits per heavy atom. The molecule has 0 aliphatic heterocycles.